The summed E-state index contributed by atoms with van der Waals surface area (Å²) in [6.45, 7) is 7.32. The molecule has 1 aliphatic heterocycles. The molecular formula is C26H33FN4O2S2. The Balaban J connectivity index is 1.59. The molecule has 1 saturated carbocycles. The summed E-state index contributed by atoms with van der Waals surface area (Å²) in [5.74, 6) is 0.371. The lowest BCUT2D eigenvalue weighted by atomic mass is 9.75. The molecule has 6 nitrogen and oxygen atoms in total. The lowest BCUT2D eigenvalue weighted by Crippen LogP contribution is -2.44. The third-order valence-corrected chi connectivity index (χ3v) is 9.32. The minimum absolute atomic E-state index is 0.0253. The molecule has 1 saturated heterocycles. The zero-order chi connectivity index (χ0) is 25.1. The molecule has 0 bridgehead atoms. The van der Waals surface area contributed by atoms with Crippen molar-refractivity contribution in [3.63, 3.8) is 0 Å². The van der Waals surface area contributed by atoms with Crippen LogP contribution in [0.1, 0.15) is 49.7 Å². The molecule has 2 heterocycles. The number of thiazole rings is 1. The number of halogens is 1. The summed E-state index contributed by atoms with van der Waals surface area (Å²) in [5.41, 5.74) is 3.01. The Morgan fingerprint density at radius 2 is 1.97 bits per heavy atom. The number of aromatic nitrogens is 1. The van der Waals surface area contributed by atoms with Crippen LogP contribution < -0.4 is 10.2 Å². The average molecular weight is 517 g/mol. The van der Waals surface area contributed by atoms with Crippen molar-refractivity contribution < 1.29 is 13.7 Å². The van der Waals surface area contributed by atoms with Crippen molar-refractivity contribution in [2.75, 3.05) is 29.5 Å². The van der Waals surface area contributed by atoms with Gasteiger partial charge in [0.2, 0.25) is 5.91 Å². The predicted octanol–water partition coefficient (Wildman–Crippen LogP) is 4.57. The fraction of sp³-hybridized carbons (Fsp3) is 0.577. The lowest BCUT2D eigenvalue weighted by molar-refractivity contribution is -0.128. The number of nitriles is 1. The average Bonchev–Trinajstić information content (AvgIpc) is 3.24. The van der Waals surface area contributed by atoms with Crippen LogP contribution in [0.3, 0.4) is 0 Å². The van der Waals surface area contributed by atoms with Gasteiger partial charge in [0.1, 0.15) is 23.7 Å². The Morgan fingerprint density at radius 1 is 1.29 bits per heavy atom. The smallest absolute Gasteiger partial charge is 0.224 e. The molecule has 0 spiro atoms. The Morgan fingerprint density at radius 3 is 2.60 bits per heavy atom. The number of nitrogens with zero attached hydrogens (tertiary/aromatic N) is 3. The van der Waals surface area contributed by atoms with Crippen molar-refractivity contribution in [1.29, 1.82) is 5.26 Å². The van der Waals surface area contributed by atoms with Gasteiger partial charge in [0.15, 0.2) is 0 Å². The van der Waals surface area contributed by atoms with Gasteiger partial charge in [0.05, 0.1) is 34.7 Å². The number of carbonyl (C=O) groups excluding carboxylic acids is 1. The van der Waals surface area contributed by atoms with Gasteiger partial charge in [0.25, 0.3) is 0 Å². The van der Waals surface area contributed by atoms with E-state index in [0.29, 0.717) is 24.3 Å². The Kier molecular flexibility index (Phi) is 8.35. The van der Waals surface area contributed by atoms with Gasteiger partial charge in [-0.2, -0.15) is 5.26 Å². The fourth-order valence-electron chi connectivity index (χ4n) is 4.97. The molecule has 0 radical (unpaired) electrons. The fourth-order valence-corrected chi connectivity index (χ4v) is 7.01. The predicted molar refractivity (Wildman–Crippen MR) is 140 cm³/mol. The number of carbonyl (C=O) groups is 1. The lowest BCUT2D eigenvalue weighted by Gasteiger charge is -2.33. The van der Waals surface area contributed by atoms with E-state index in [-0.39, 0.29) is 24.2 Å². The van der Waals surface area contributed by atoms with Crippen molar-refractivity contribution in [3.8, 4) is 16.5 Å². The number of anilines is 1. The monoisotopic (exact) mass is 516 g/mol. The maximum absolute atomic E-state index is 14.4. The Labute approximate surface area is 214 Å². The molecule has 2 aromatic rings. The first kappa shape index (κ1) is 25.9. The molecule has 1 N–H and O–H groups in total. The van der Waals surface area contributed by atoms with Gasteiger partial charge in [-0.1, -0.05) is 37.2 Å². The number of hydrogen-bond acceptors (Lipinski definition) is 6. The van der Waals surface area contributed by atoms with Crippen LogP contribution in [0.25, 0.3) is 10.4 Å². The third kappa shape index (κ3) is 5.99. The highest BCUT2D eigenvalue weighted by molar-refractivity contribution is 7.91. The van der Waals surface area contributed by atoms with Crippen LogP contribution in [0, 0.1) is 30.1 Å². The second kappa shape index (κ2) is 11.3. The van der Waals surface area contributed by atoms with E-state index in [1.165, 1.54) is 0 Å². The zero-order valence-corrected chi connectivity index (χ0v) is 22.1. The second-order valence-corrected chi connectivity index (χ2v) is 12.7. The molecule has 4 rings (SSSR count). The summed E-state index contributed by atoms with van der Waals surface area (Å²) in [7, 11) is 0. The summed E-state index contributed by atoms with van der Waals surface area (Å²) >= 11 is 0.883. The van der Waals surface area contributed by atoms with Gasteiger partial charge >= 0.3 is 0 Å². The third-order valence-electron chi connectivity index (χ3n) is 7.01. The quantitative estimate of drug-likeness (QED) is 0.568. The van der Waals surface area contributed by atoms with E-state index in [1.807, 2.05) is 20.8 Å². The van der Waals surface area contributed by atoms with E-state index in [0.717, 1.165) is 39.9 Å². The minimum atomic E-state index is -1.03. The number of benzene rings is 1. The summed E-state index contributed by atoms with van der Waals surface area (Å²) in [5, 5.41) is 13.2. The van der Waals surface area contributed by atoms with Gasteiger partial charge < -0.3 is 14.8 Å². The van der Waals surface area contributed by atoms with E-state index in [2.05, 4.69) is 40.6 Å². The van der Waals surface area contributed by atoms with Crippen LogP contribution >= 0.6 is 11.3 Å². The standard InChI is InChI=1S/C26H33FN4O2S2/c1-16(2)23(15-28)30-26(32)22-14-19(27)6-9-21(22)24-25(34-17(3)29-24)18-4-7-20(8-5-18)31-10-12-35(33)13-11-31/h4-5,7-8,16,19,21-23H,6,9-14H2,1-3H3,(H,30,32)/t19-,21+,22?,23+/m0/s1. The first-order chi connectivity index (χ1) is 16.8. The molecule has 35 heavy (non-hydrogen) atoms. The van der Waals surface area contributed by atoms with Crippen molar-refractivity contribution in [3.05, 3.63) is 35.0 Å². The summed E-state index contributed by atoms with van der Waals surface area (Å²) in [6, 6.07) is 9.89. The van der Waals surface area contributed by atoms with Crippen LogP contribution in [0.15, 0.2) is 24.3 Å². The highest BCUT2D eigenvalue weighted by Crippen LogP contribution is 2.44. The van der Waals surface area contributed by atoms with Crippen molar-refractivity contribution >= 4 is 34.1 Å². The maximum Gasteiger partial charge on any atom is 0.224 e. The van der Waals surface area contributed by atoms with Gasteiger partial charge in [-0.05, 0) is 49.8 Å². The molecule has 1 amide bonds. The molecule has 188 valence electrons. The largest absolute Gasteiger partial charge is 0.616 e. The Hall–Kier alpha value is -2.15. The van der Waals surface area contributed by atoms with Crippen molar-refractivity contribution in [2.24, 2.45) is 11.8 Å². The van der Waals surface area contributed by atoms with Crippen molar-refractivity contribution in [1.82, 2.24) is 10.3 Å². The van der Waals surface area contributed by atoms with Gasteiger partial charge in [0, 0.05) is 17.5 Å². The molecule has 1 aromatic heterocycles. The normalized spacial score (nSPS) is 24.3. The first-order valence-corrected chi connectivity index (χ1v) is 14.6. The summed E-state index contributed by atoms with van der Waals surface area (Å²) < 4.78 is 26.1. The second-order valence-electron chi connectivity index (χ2n) is 9.81. The number of amides is 1. The zero-order valence-electron chi connectivity index (χ0n) is 20.5. The van der Waals surface area contributed by atoms with E-state index < -0.39 is 29.3 Å². The molecule has 1 aromatic carbocycles. The highest BCUT2D eigenvalue weighted by atomic mass is 32.2. The molecular weight excluding hydrogens is 483 g/mol. The Bertz CT molecular complexity index is 1060. The van der Waals surface area contributed by atoms with Crippen LogP contribution in [0.5, 0.6) is 0 Å². The molecule has 9 heteroatoms. The van der Waals surface area contributed by atoms with E-state index in [1.54, 1.807) is 11.3 Å². The first-order valence-electron chi connectivity index (χ1n) is 12.3. The van der Waals surface area contributed by atoms with Crippen LogP contribution in [0.4, 0.5) is 10.1 Å². The topological polar surface area (TPSA) is 92.1 Å². The molecule has 1 unspecified atom stereocenters. The molecule has 4 atom stereocenters. The van der Waals surface area contributed by atoms with E-state index >= 15 is 0 Å². The summed E-state index contributed by atoms with van der Waals surface area (Å²) in [6.07, 6.45) is 0.0870. The highest BCUT2D eigenvalue weighted by Gasteiger charge is 2.39. The minimum Gasteiger partial charge on any atom is -0.616 e. The van der Waals surface area contributed by atoms with Gasteiger partial charge in [-0.3, -0.25) is 4.79 Å². The number of hydrogen-bond donors (Lipinski definition) is 1. The van der Waals surface area contributed by atoms with Crippen LogP contribution in [0.2, 0.25) is 0 Å². The van der Waals surface area contributed by atoms with Crippen molar-refractivity contribution in [2.45, 2.75) is 58.2 Å². The van der Waals surface area contributed by atoms with Crippen LogP contribution in [-0.2, 0) is 16.0 Å². The number of aryl methyl sites for hydroxylation is 1. The number of nitrogens with one attached hydrogen (secondary N) is 1. The summed E-state index contributed by atoms with van der Waals surface area (Å²) in [4.78, 5) is 21.3. The molecule has 1 aliphatic carbocycles. The number of rotatable bonds is 6. The molecule has 2 fully saturated rings. The van der Waals surface area contributed by atoms with E-state index in [9.17, 15) is 19.0 Å². The van der Waals surface area contributed by atoms with E-state index in [4.69, 9.17) is 4.98 Å². The van der Waals surface area contributed by atoms with Gasteiger partial charge in [-0.15, -0.1) is 11.3 Å². The van der Waals surface area contributed by atoms with Gasteiger partial charge in [-0.25, -0.2) is 9.37 Å². The maximum atomic E-state index is 14.4. The molecule has 2 aliphatic rings. The SMILES string of the molecule is Cc1nc([C@@H]2CC[C@H](F)CC2C(=O)N[C@H](C#N)C(C)C)c(-c2ccc(N3CC[S+]([O-])CC3)cc2)s1. The van der Waals surface area contributed by atoms with Crippen LogP contribution in [-0.4, -0.2) is 52.3 Å². The number of alkyl halides is 1.